The number of benzene rings is 1. The summed E-state index contributed by atoms with van der Waals surface area (Å²) >= 11 is 1.30. The number of nitro groups is 1. The molecule has 1 aliphatic rings. The van der Waals surface area contributed by atoms with Crippen LogP contribution in [0.5, 0.6) is 0 Å². The van der Waals surface area contributed by atoms with Crippen LogP contribution in [0.1, 0.15) is 16.8 Å². The number of rotatable bonds is 7. The van der Waals surface area contributed by atoms with Crippen molar-refractivity contribution in [3.63, 3.8) is 0 Å². The topological polar surface area (TPSA) is 87.5 Å². The average Bonchev–Trinajstić information content (AvgIpc) is 2.58. The van der Waals surface area contributed by atoms with Crippen molar-refractivity contribution in [3.8, 4) is 0 Å². The maximum atomic E-state index is 12.1. The third kappa shape index (κ3) is 5.94. The molecule has 1 amide bonds. The first kappa shape index (κ1) is 20.7. The summed E-state index contributed by atoms with van der Waals surface area (Å²) in [6, 6.07) is 4.60. The van der Waals surface area contributed by atoms with Crippen molar-refractivity contribution in [1.29, 1.82) is 0 Å². The summed E-state index contributed by atoms with van der Waals surface area (Å²) in [6.07, 6.45) is 2.65. The first-order valence-corrected chi connectivity index (χ1v) is 8.88. The number of thioether (sulfide) groups is 1. The molecule has 1 fully saturated rings. The quantitative estimate of drug-likeness (QED) is 0.327. The lowest BCUT2D eigenvalue weighted by Gasteiger charge is -2.27. The number of amides is 1. The molecule has 134 valence electrons. The fraction of sp³-hybridized carbons (Fsp3) is 0.533. The van der Waals surface area contributed by atoms with Gasteiger partial charge in [-0.05, 0) is 31.4 Å². The molecule has 1 aromatic rings. The first-order chi connectivity index (χ1) is 11.1. The second-order valence-corrected chi connectivity index (χ2v) is 6.19. The van der Waals surface area contributed by atoms with E-state index in [2.05, 4.69) is 15.5 Å². The van der Waals surface area contributed by atoms with E-state index in [-0.39, 0.29) is 24.0 Å². The van der Waals surface area contributed by atoms with Gasteiger partial charge in [-0.25, -0.2) is 0 Å². The molecule has 0 aliphatic carbocycles. The lowest BCUT2D eigenvalue weighted by molar-refractivity contribution is -0.387. The highest BCUT2D eigenvalue weighted by Crippen LogP contribution is 2.28. The van der Waals surface area contributed by atoms with Crippen LogP contribution in [0, 0.1) is 10.1 Å². The molecule has 0 saturated carbocycles. The number of nitrogens with zero attached hydrogens (tertiary/aromatic N) is 2. The number of nitro benzene ring substituents is 1. The predicted molar refractivity (Wildman–Crippen MR) is 98.4 cm³/mol. The second kappa shape index (κ2) is 10.5. The number of piperazine rings is 1. The van der Waals surface area contributed by atoms with E-state index in [9.17, 15) is 14.9 Å². The van der Waals surface area contributed by atoms with Crippen LogP contribution < -0.4 is 10.6 Å². The van der Waals surface area contributed by atoms with Gasteiger partial charge in [-0.2, -0.15) is 0 Å². The number of halogens is 1. The standard InChI is InChI=1S/C15H22N4O3S.ClH/c1-23-14-4-3-12(11-13(14)19(21)22)15(20)17-5-2-8-18-9-6-16-7-10-18;/h3-4,11,16H,2,5-10H2,1H3,(H,17,20);1H. The Morgan fingerprint density at radius 2 is 2.12 bits per heavy atom. The lowest BCUT2D eigenvalue weighted by atomic mass is 10.2. The van der Waals surface area contributed by atoms with Gasteiger partial charge < -0.3 is 15.5 Å². The molecule has 0 radical (unpaired) electrons. The van der Waals surface area contributed by atoms with E-state index in [0.29, 0.717) is 17.0 Å². The third-order valence-electron chi connectivity index (χ3n) is 3.78. The SMILES string of the molecule is CSc1ccc(C(=O)NCCCN2CCNCC2)cc1[N+](=O)[O-].Cl. The van der Waals surface area contributed by atoms with Gasteiger partial charge in [0.05, 0.1) is 9.82 Å². The zero-order valence-corrected chi connectivity index (χ0v) is 15.3. The molecule has 0 aromatic heterocycles. The number of nitrogens with one attached hydrogen (secondary N) is 2. The fourth-order valence-corrected chi connectivity index (χ4v) is 3.06. The van der Waals surface area contributed by atoms with Crippen LogP contribution in [0.15, 0.2) is 23.1 Å². The van der Waals surface area contributed by atoms with Crippen molar-refractivity contribution in [3.05, 3.63) is 33.9 Å². The van der Waals surface area contributed by atoms with Gasteiger partial charge in [0.15, 0.2) is 0 Å². The molecule has 0 atom stereocenters. The Morgan fingerprint density at radius 1 is 1.42 bits per heavy atom. The van der Waals surface area contributed by atoms with Gasteiger partial charge in [0, 0.05) is 44.4 Å². The summed E-state index contributed by atoms with van der Waals surface area (Å²) in [7, 11) is 0. The molecule has 1 heterocycles. The minimum absolute atomic E-state index is 0. The Bertz CT molecular complexity index is 568. The molecule has 1 aromatic carbocycles. The molecule has 2 rings (SSSR count). The van der Waals surface area contributed by atoms with Gasteiger partial charge in [0.1, 0.15) is 0 Å². The summed E-state index contributed by atoms with van der Waals surface area (Å²) in [5.74, 6) is -0.263. The van der Waals surface area contributed by atoms with Crippen LogP contribution in [0.2, 0.25) is 0 Å². The van der Waals surface area contributed by atoms with Crippen molar-refractivity contribution < 1.29 is 9.72 Å². The van der Waals surface area contributed by atoms with E-state index in [4.69, 9.17) is 0 Å². The van der Waals surface area contributed by atoms with Crippen LogP contribution >= 0.6 is 24.2 Å². The van der Waals surface area contributed by atoms with Crippen LogP contribution in [-0.4, -0.2) is 61.3 Å². The molecule has 24 heavy (non-hydrogen) atoms. The van der Waals surface area contributed by atoms with E-state index < -0.39 is 4.92 Å². The molecule has 0 bridgehead atoms. The number of hydrogen-bond acceptors (Lipinski definition) is 6. The van der Waals surface area contributed by atoms with Gasteiger partial charge >= 0.3 is 0 Å². The summed E-state index contributed by atoms with van der Waals surface area (Å²) in [5, 5.41) is 17.2. The average molecular weight is 375 g/mol. The monoisotopic (exact) mass is 374 g/mol. The Kier molecular flexibility index (Phi) is 9.05. The minimum Gasteiger partial charge on any atom is -0.352 e. The van der Waals surface area contributed by atoms with Gasteiger partial charge in [0.25, 0.3) is 11.6 Å². The molecular weight excluding hydrogens is 352 g/mol. The highest BCUT2D eigenvalue weighted by atomic mass is 35.5. The number of carbonyl (C=O) groups is 1. The van der Waals surface area contributed by atoms with Crippen molar-refractivity contribution in [2.45, 2.75) is 11.3 Å². The molecule has 1 aliphatic heterocycles. The minimum atomic E-state index is -0.451. The van der Waals surface area contributed by atoms with Crippen molar-refractivity contribution in [1.82, 2.24) is 15.5 Å². The Hall–Kier alpha value is -1.35. The normalized spacial score (nSPS) is 14.7. The van der Waals surface area contributed by atoms with E-state index >= 15 is 0 Å². The molecule has 1 saturated heterocycles. The van der Waals surface area contributed by atoms with Crippen LogP contribution in [-0.2, 0) is 0 Å². The zero-order valence-electron chi connectivity index (χ0n) is 13.6. The van der Waals surface area contributed by atoms with Crippen LogP contribution in [0.4, 0.5) is 5.69 Å². The summed E-state index contributed by atoms with van der Waals surface area (Å²) < 4.78 is 0. The maximum absolute atomic E-state index is 12.1. The molecular formula is C15H23ClN4O3S. The van der Waals surface area contributed by atoms with Crippen molar-refractivity contribution in [2.75, 3.05) is 45.5 Å². The fourth-order valence-electron chi connectivity index (χ4n) is 2.52. The maximum Gasteiger partial charge on any atom is 0.283 e. The highest BCUT2D eigenvalue weighted by Gasteiger charge is 2.17. The Balaban J connectivity index is 0.00000288. The summed E-state index contributed by atoms with van der Waals surface area (Å²) in [6.45, 7) is 5.62. The second-order valence-electron chi connectivity index (χ2n) is 5.34. The van der Waals surface area contributed by atoms with Crippen LogP contribution in [0.25, 0.3) is 0 Å². The van der Waals surface area contributed by atoms with E-state index in [1.165, 1.54) is 17.8 Å². The molecule has 7 nitrogen and oxygen atoms in total. The third-order valence-corrected chi connectivity index (χ3v) is 4.57. The Morgan fingerprint density at radius 3 is 2.75 bits per heavy atom. The molecule has 9 heteroatoms. The largest absolute Gasteiger partial charge is 0.352 e. The first-order valence-electron chi connectivity index (χ1n) is 7.65. The highest BCUT2D eigenvalue weighted by molar-refractivity contribution is 7.98. The van der Waals surface area contributed by atoms with E-state index in [1.807, 2.05) is 0 Å². The number of carbonyl (C=O) groups excluding carboxylic acids is 1. The molecule has 2 N–H and O–H groups in total. The van der Waals surface area contributed by atoms with Crippen LogP contribution in [0.3, 0.4) is 0 Å². The summed E-state index contributed by atoms with van der Waals surface area (Å²) in [4.78, 5) is 25.6. The molecule has 0 unspecified atom stereocenters. The Labute approximate surface area is 152 Å². The van der Waals surface area contributed by atoms with Crippen molar-refractivity contribution >= 4 is 35.8 Å². The number of hydrogen-bond donors (Lipinski definition) is 2. The lowest BCUT2D eigenvalue weighted by Crippen LogP contribution is -2.44. The zero-order chi connectivity index (χ0) is 16.7. The van der Waals surface area contributed by atoms with Gasteiger partial charge in [-0.1, -0.05) is 0 Å². The predicted octanol–water partition coefficient (Wildman–Crippen LogP) is 1.76. The van der Waals surface area contributed by atoms with E-state index in [1.54, 1.807) is 18.4 Å². The van der Waals surface area contributed by atoms with Gasteiger partial charge in [-0.15, -0.1) is 24.2 Å². The van der Waals surface area contributed by atoms with E-state index in [0.717, 1.165) is 39.1 Å². The van der Waals surface area contributed by atoms with Gasteiger partial charge in [-0.3, -0.25) is 14.9 Å². The smallest absolute Gasteiger partial charge is 0.283 e. The molecule has 0 spiro atoms. The summed E-state index contributed by atoms with van der Waals surface area (Å²) in [5.41, 5.74) is 0.308. The van der Waals surface area contributed by atoms with Gasteiger partial charge in [0.2, 0.25) is 0 Å². The van der Waals surface area contributed by atoms with Crippen molar-refractivity contribution in [2.24, 2.45) is 0 Å².